The van der Waals surface area contributed by atoms with Crippen LogP contribution in [-0.2, 0) is 4.74 Å². The fourth-order valence-corrected chi connectivity index (χ4v) is 1.76. The lowest BCUT2D eigenvalue weighted by Crippen LogP contribution is -2.18. The van der Waals surface area contributed by atoms with Gasteiger partial charge in [0.15, 0.2) is 0 Å². The second-order valence-electron chi connectivity index (χ2n) is 2.67. The summed E-state index contributed by atoms with van der Waals surface area (Å²) in [6.45, 7) is 0.909. The van der Waals surface area contributed by atoms with Gasteiger partial charge in [0, 0.05) is 10.9 Å². The molecule has 1 heterocycles. The molecule has 1 aliphatic heterocycles. The van der Waals surface area contributed by atoms with Crippen molar-refractivity contribution in [2.24, 2.45) is 0 Å². The molecule has 1 nitrogen and oxygen atoms in total. The van der Waals surface area contributed by atoms with Crippen molar-refractivity contribution in [2.45, 2.75) is 12.5 Å². The lowest BCUT2D eigenvalue weighted by molar-refractivity contribution is -0.0531. The number of ether oxygens (including phenoxy) is 1. The molecule has 0 amide bonds. The second-order valence-corrected chi connectivity index (χ2v) is 3.52. The Morgan fingerprint density at radius 1 is 1.36 bits per heavy atom. The molecule has 0 aromatic heterocycles. The van der Waals surface area contributed by atoms with Crippen LogP contribution in [0, 0.1) is 0 Å². The largest absolute Gasteiger partial charge is 0.373 e. The van der Waals surface area contributed by atoms with Crippen LogP contribution in [0.3, 0.4) is 0 Å². The van der Waals surface area contributed by atoms with Crippen LogP contribution < -0.4 is 0 Å². The first-order valence-corrected chi connectivity index (χ1v) is 4.53. The molecule has 1 saturated heterocycles. The Hall–Kier alpha value is -0.340. The predicted octanol–water partition coefficient (Wildman–Crippen LogP) is 2.91. The summed E-state index contributed by atoms with van der Waals surface area (Å²) in [6.07, 6.45) is 1.49. The third-order valence-electron chi connectivity index (χ3n) is 1.95. The summed E-state index contributed by atoms with van der Waals surface area (Å²) in [7, 11) is 0. The molecule has 2 heteroatoms. The van der Waals surface area contributed by atoms with Crippen molar-refractivity contribution >= 4 is 15.9 Å². The van der Waals surface area contributed by atoms with Gasteiger partial charge in [-0.2, -0.15) is 0 Å². The van der Waals surface area contributed by atoms with E-state index < -0.39 is 0 Å². The molecule has 1 aromatic rings. The van der Waals surface area contributed by atoms with E-state index in [9.17, 15) is 0 Å². The number of benzene rings is 1. The van der Waals surface area contributed by atoms with Crippen molar-refractivity contribution in [3.8, 4) is 0 Å². The molecular weight excluding hydrogens is 204 g/mol. The van der Waals surface area contributed by atoms with E-state index in [4.69, 9.17) is 4.74 Å². The Kier molecular flexibility index (Phi) is 1.96. The molecular formula is C9H9BrO. The van der Waals surface area contributed by atoms with Gasteiger partial charge >= 0.3 is 0 Å². The molecule has 1 aromatic carbocycles. The van der Waals surface area contributed by atoms with E-state index in [2.05, 4.69) is 28.1 Å². The van der Waals surface area contributed by atoms with Crippen molar-refractivity contribution in [2.75, 3.05) is 6.61 Å². The molecule has 11 heavy (non-hydrogen) atoms. The highest BCUT2D eigenvalue weighted by atomic mass is 79.9. The van der Waals surface area contributed by atoms with Crippen molar-refractivity contribution in [3.63, 3.8) is 0 Å². The van der Waals surface area contributed by atoms with Gasteiger partial charge in [0.2, 0.25) is 0 Å². The molecule has 0 bridgehead atoms. The van der Waals surface area contributed by atoms with Gasteiger partial charge in [-0.25, -0.2) is 0 Å². The highest BCUT2D eigenvalue weighted by Crippen LogP contribution is 2.33. The van der Waals surface area contributed by atoms with Crippen LogP contribution in [0.15, 0.2) is 28.7 Å². The van der Waals surface area contributed by atoms with Gasteiger partial charge in [-0.1, -0.05) is 34.1 Å². The summed E-state index contributed by atoms with van der Waals surface area (Å²) in [4.78, 5) is 0. The third-order valence-corrected chi connectivity index (χ3v) is 2.67. The highest BCUT2D eigenvalue weighted by molar-refractivity contribution is 9.10. The van der Waals surface area contributed by atoms with E-state index in [1.807, 2.05) is 12.1 Å². The van der Waals surface area contributed by atoms with Crippen molar-refractivity contribution in [1.29, 1.82) is 0 Å². The van der Waals surface area contributed by atoms with Crippen LogP contribution >= 0.6 is 15.9 Å². The third kappa shape index (κ3) is 1.33. The van der Waals surface area contributed by atoms with Gasteiger partial charge in [-0.15, -0.1) is 0 Å². The first kappa shape index (κ1) is 7.32. The van der Waals surface area contributed by atoms with Crippen molar-refractivity contribution < 1.29 is 4.74 Å². The Labute approximate surface area is 74.5 Å². The molecule has 58 valence electrons. The van der Waals surface area contributed by atoms with Gasteiger partial charge in [-0.3, -0.25) is 0 Å². The van der Waals surface area contributed by atoms with Gasteiger partial charge in [0.05, 0.1) is 12.7 Å². The van der Waals surface area contributed by atoms with Crippen LogP contribution in [-0.4, -0.2) is 6.61 Å². The van der Waals surface area contributed by atoms with Crippen LogP contribution in [0.5, 0.6) is 0 Å². The molecule has 1 aliphatic rings. The zero-order valence-corrected chi connectivity index (χ0v) is 7.67. The van der Waals surface area contributed by atoms with Crippen LogP contribution in [0.2, 0.25) is 0 Å². The molecule has 0 aliphatic carbocycles. The average molecular weight is 213 g/mol. The fourth-order valence-electron chi connectivity index (χ4n) is 1.22. The summed E-state index contributed by atoms with van der Waals surface area (Å²) in [5.41, 5.74) is 1.28. The first-order valence-electron chi connectivity index (χ1n) is 3.74. The maximum atomic E-state index is 5.37. The number of halogens is 1. The minimum Gasteiger partial charge on any atom is -0.373 e. The van der Waals surface area contributed by atoms with Crippen LogP contribution in [0.4, 0.5) is 0 Å². The number of hydrogen-bond acceptors (Lipinski definition) is 1. The summed E-state index contributed by atoms with van der Waals surface area (Å²) < 4.78 is 6.52. The highest BCUT2D eigenvalue weighted by Gasteiger charge is 2.21. The molecule has 1 atom stereocenters. The van der Waals surface area contributed by atoms with Crippen LogP contribution in [0.25, 0.3) is 0 Å². The fraction of sp³-hybridized carbons (Fsp3) is 0.333. The van der Waals surface area contributed by atoms with E-state index in [1.165, 1.54) is 5.56 Å². The Balaban J connectivity index is 2.28. The molecule has 0 N–H and O–H groups in total. The standard InChI is InChI=1S/C9H9BrO/c10-8-4-2-1-3-7(8)9-5-6-11-9/h1-4,9H,5-6H2. The van der Waals surface area contributed by atoms with E-state index in [-0.39, 0.29) is 0 Å². The molecule has 1 unspecified atom stereocenters. The summed E-state index contributed by atoms with van der Waals surface area (Å²) in [6, 6.07) is 8.22. The molecule has 2 rings (SSSR count). The molecule has 0 radical (unpaired) electrons. The quantitative estimate of drug-likeness (QED) is 0.696. The van der Waals surface area contributed by atoms with Gasteiger partial charge in [0.25, 0.3) is 0 Å². The Bertz CT molecular complexity index is 255. The van der Waals surface area contributed by atoms with E-state index >= 15 is 0 Å². The predicted molar refractivity (Wildman–Crippen MR) is 47.5 cm³/mol. The lowest BCUT2D eigenvalue weighted by atomic mass is 10.0. The minimum atomic E-state index is 0.338. The lowest BCUT2D eigenvalue weighted by Gasteiger charge is -2.27. The van der Waals surface area contributed by atoms with Gasteiger partial charge in [0.1, 0.15) is 0 Å². The number of rotatable bonds is 1. The topological polar surface area (TPSA) is 9.23 Å². The summed E-state index contributed by atoms with van der Waals surface area (Å²) >= 11 is 3.49. The Morgan fingerprint density at radius 3 is 2.64 bits per heavy atom. The first-order chi connectivity index (χ1) is 5.38. The normalized spacial score (nSPS) is 22.8. The Morgan fingerprint density at radius 2 is 2.09 bits per heavy atom. The number of hydrogen-bond donors (Lipinski definition) is 0. The van der Waals surface area contributed by atoms with Crippen molar-refractivity contribution in [3.05, 3.63) is 34.3 Å². The summed E-state index contributed by atoms with van der Waals surface area (Å²) in [5.74, 6) is 0. The molecule has 1 fully saturated rings. The zero-order valence-electron chi connectivity index (χ0n) is 6.09. The maximum Gasteiger partial charge on any atom is 0.0857 e. The summed E-state index contributed by atoms with van der Waals surface area (Å²) in [5, 5.41) is 0. The van der Waals surface area contributed by atoms with Gasteiger partial charge < -0.3 is 4.74 Å². The van der Waals surface area contributed by atoms with Crippen molar-refractivity contribution in [1.82, 2.24) is 0 Å². The zero-order chi connectivity index (χ0) is 7.68. The average Bonchev–Trinajstić information content (AvgIpc) is 1.90. The molecule has 0 spiro atoms. The smallest absolute Gasteiger partial charge is 0.0857 e. The van der Waals surface area contributed by atoms with Crippen LogP contribution in [0.1, 0.15) is 18.1 Å². The maximum absolute atomic E-state index is 5.37. The minimum absolute atomic E-state index is 0.338. The SMILES string of the molecule is Brc1ccccc1C1CCO1. The second kappa shape index (κ2) is 2.95. The van der Waals surface area contributed by atoms with E-state index in [0.717, 1.165) is 17.5 Å². The van der Waals surface area contributed by atoms with E-state index in [0.29, 0.717) is 6.10 Å². The van der Waals surface area contributed by atoms with Gasteiger partial charge in [-0.05, 0) is 11.6 Å². The molecule has 0 saturated carbocycles. The monoisotopic (exact) mass is 212 g/mol. The van der Waals surface area contributed by atoms with E-state index in [1.54, 1.807) is 0 Å².